The average Bonchev–Trinajstić information content (AvgIpc) is 2.57. The molecule has 0 aromatic heterocycles. The maximum Gasteiger partial charge on any atom is 0.221 e. The molecule has 4 nitrogen and oxygen atoms in total. The second kappa shape index (κ2) is 9.06. The van der Waals surface area contributed by atoms with E-state index < -0.39 is 0 Å². The van der Waals surface area contributed by atoms with Gasteiger partial charge in [-0.05, 0) is 30.2 Å². The average molecular weight is 333 g/mol. The number of hydrogen-bond donors (Lipinski definition) is 2. The second-order valence-electron chi connectivity index (χ2n) is 5.07. The van der Waals surface area contributed by atoms with Crippen LogP contribution in [-0.2, 0) is 11.2 Å². The van der Waals surface area contributed by atoms with Gasteiger partial charge in [-0.2, -0.15) is 0 Å². The van der Waals surface area contributed by atoms with Crippen LogP contribution >= 0.6 is 11.6 Å². The number of anilines is 1. The molecular weight excluding hydrogens is 312 g/mol. The molecule has 0 radical (unpaired) electrons. The number of para-hydroxylation sites is 2. The normalized spacial score (nSPS) is 10.2. The van der Waals surface area contributed by atoms with Gasteiger partial charge in [0.25, 0.3) is 0 Å². The van der Waals surface area contributed by atoms with E-state index >= 15 is 0 Å². The van der Waals surface area contributed by atoms with E-state index in [0.29, 0.717) is 24.5 Å². The predicted molar refractivity (Wildman–Crippen MR) is 94.3 cm³/mol. The Bertz CT molecular complexity index is 646. The molecule has 1 amide bonds. The van der Waals surface area contributed by atoms with E-state index in [9.17, 15) is 4.79 Å². The molecule has 2 aromatic carbocycles. The predicted octanol–water partition coefficient (Wildman–Crippen LogP) is 3.51. The molecule has 2 rings (SSSR count). The van der Waals surface area contributed by atoms with Gasteiger partial charge >= 0.3 is 0 Å². The molecule has 5 heteroatoms. The third-order valence-corrected chi connectivity index (χ3v) is 3.78. The van der Waals surface area contributed by atoms with Gasteiger partial charge < -0.3 is 15.4 Å². The summed E-state index contributed by atoms with van der Waals surface area (Å²) in [7, 11) is 1.65. The van der Waals surface area contributed by atoms with Crippen LogP contribution in [0.2, 0.25) is 5.02 Å². The SMILES string of the molecule is COc1ccccc1CCNC(=O)CCNc1ccccc1Cl. The molecule has 0 bridgehead atoms. The van der Waals surface area contributed by atoms with Gasteiger partial charge in [-0.1, -0.05) is 41.9 Å². The number of amides is 1. The lowest BCUT2D eigenvalue weighted by Crippen LogP contribution is -2.27. The van der Waals surface area contributed by atoms with Crippen LogP contribution in [0.25, 0.3) is 0 Å². The number of rotatable bonds is 8. The molecule has 0 spiro atoms. The molecule has 0 atom stereocenters. The lowest BCUT2D eigenvalue weighted by Gasteiger charge is -2.10. The number of benzene rings is 2. The first kappa shape index (κ1) is 17.2. The van der Waals surface area contributed by atoms with Gasteiger partial charge in [0.15, 0.2) is 0 Å². The smallest absolute Gasteiger partial charge is 0.221 e. The Morgan fingerprint density at radius 1 is 1.09 bits per heavy atom. The van der Waals surface area contributed by atoms with Crippen LogP contribution in [0.1, 0.15) is 12.0 Å². The molecule has 122 valence electrons. The van der Waals surface area contributed by atoms with Crippen molar-refractivity contribution >= 4 is 23.2 Å². The van der Waals surface area contributed by atoms with Crippen molar-refractivity contribution in [2.45, 2.75) is 12.8 Å². The first-order valence-corrected chi connectivity index (χ1v) is 7.95. The molecule has 0 aliphatic rings. The highest BCUT2D eigenvalue weighted by molar-refractivity contribution is 6.33. The zero-order valence-corrected chi connectivity index (χ0v) is 13.9. The summed E-state index contributed by atoms with van der Waals surface area (Å²) in [6.07, 6.45) is 1.14. The van der Waals surface area contributed by atoms with Crippen LogP contribution in [0.15, 0.2) is 48.5 Å². The van der Waals surface area contributed by atoms with Crippen molar-refractivity contribution in [3.8, 4) is 5.75 Å². The highest BCUT2D eigenvalue weighted by atomic mass is 35.5. The minimum absolute atomic E-state index is 0.0134. The Labute approximate surface area is 141 Å². The fourth-order valence-electron chi connectivity index (χ4n) is 2.25. The number of carbonyl (C=O) groups is 1. The maximum absolute atomic E-state index is 11.8. The molecule has 23 heavy (non-hydrogen) atoms. The van der Waals surface area contributed by atoms with Crippen LogP contribution < -0.4 is 15.4 Å². The standard InChI is InChI=1S/C18H21ClN2O2/c1-23-17-9-5-2-6-14(17)10-12-21-18(22)11-13-20-16-8-4-3-7-15(16)19/h2-9,20H,10-13H2,1H3,(H,21,22). The molecule has 0 unspecified atom stereocenters. The van der Waals surface area contributed by atoms with E-state index in [4.69, 9.17) is 16.3 Å². The lowest BCUT2D eigenvalue weighted by molar-refractivity contribution is -0.120. The van der Waals surface area contributed by atoms with Crippen molar-refractivity contribution in [2.24, 2.45) is 0 Å². The number of nitrogens with one attached hydrogen (secondary N) is 2. The van der Waals surface area contributed by atoms with Gasteiger partial charge in [0, 0.05) is 19.5 Å². The summed E-state index contributed by atoms with van der Waals surface area (Å²) in [6.45, 7) is 1.13. The summed E-state index contributed by atoms with van der Waals surface area (Å²) in [5.41, 5.74) is 1.93. The largest absolute Gasteiger partial charge is 0.496 e. The monoisotopic (exact) mass is 332 g/mol. The van der Waals surface area contributed by atoms with Crippen molar-refractivity contribution in [1.29, 1.82) is 0 Å². The van der Waals surface area contributed by atoms with Crippen LogP contribution in [-0.4, -0.2) is 26.1 Å². The Kier molecular flexibility index (Phi) is 6.76. The molecule has 2 aromatic rings. The summed E-state index contributed by atoms with van der Waals surface area (Å²) in [6, 6.07) is 15.3. The van der Waals surface area contributed by atoms with Gasteiger partial charge in [-0.15, -0.1) is 0 Å². The van der Waals surface area contributed by atoms with E-state index in [2.05, 4.69) is 10.6 Å². The number of ether oxygens (including phenoxy) is 1. The molecule has 0 aliphatic heterocycles. The first-order chi connectivity index (χ1) is 11.2. The van der Waals surface area contributed by atoms with Gasteiger partial charge in [-0.3, -0.25) is 4.79 Å². The third-order valence-electron chi connectivity index (χ3n) is 3.45. The van der Waals surface area contributed by atoms with Crippen molar-refractivity contribution in [3.63, 3.8) is 0 Å². The Morgan fingerprint density at radius 2 is 1.83 bits per heavy atom. The van der Waals surface area contributed by atoms with Crippen molar-refractivity contribution in [1.82, 2.24) is 5.32 Å². The molecule has 0 saturated heterocycles. The quantitative estimate of drug-likeness (QED) is 0.777. The fourth-order valence-corrected chi connectivity index (χ4v) is 2.45. The van der Waals surface area contributed by atoms with E-state index in [1.807, 2.05) is 48.5 Å². The Balaban J connectivity index is 1.68. The molecule has 0 heterocycles. The molecular formula is C18H21ClN2O2. The van der Waals surface area contributed by atoms with Crippen LogP contribution in [0.4, 0.5) is 5.69 Å². The maximum atomic E-state index is 11.8. The first-order valence-electron chi connectivity index (χ1n) is 7.57. The number of carbonyl (C=O) groups excluding carboxylic acids is 1. The molecule has 2 N–H and O–H groups in total. The third kappa shape index (κ3) is 5.49. The molecule has 0 saturated carbocycles. The van der Waals surface area contributed by atoms with Crippen molar-refractivity contribution in [2.75, 3.05) is 25.5 Å². The van der Waals surface area contributed by atoms with Crippen molar-refractivity contribution in [3.05, 3.63) is 59.1 Å². The van der Waals surface area contributed by atoms with E-state index in [1.54, 1.807) is 7.11 Å². The highest BCUT2D eigenvalue weighted by Crippen LogP contribution is 2.20. The fraction of sp³-hybridized carbons (Fsp3) is 0.278. The number of halogens is 1. The number of hydrogen-bond acceptors (Lipinski definition) is 3. The minimum atomic E-state index is 0.0134. The topological polar surface area (TPSA) is 50.4 Å². The highest BCUT2D eigenvalue weighted by Gasteiger charge is 2.04. The van der Waals surface area contributed by atoms with E-state index in [-0.39, 0.29) is 5.91 Å². The van der Waals surface area contributed by atoms with Gasteiger partial charge in [0.1, 0.15) is 5.75 Å². The van der Waals surface area contributed by atoms with E-state index in [0.717, 1.165) is 23.4 Å². The Morgan fingerprint density at radius 3 is 2.61 bits per heavy atom. The zero-order valence-electron chi connectivity index (χ0n) is 13.1. The van der Waals surface area contributed by atoms with Crippen LogP contribution in [0.3, 0.4) is 0 Å². The summed E-state index contributed by atoms with van der Waals surface area (Å²) < 4.78 is 5.29. The van der Waals surface area contributed by atoms with Crippen LogP contribution in [0.5, 0.6) is 5.75 Å². The van der Waals surface area contributed by atoms with Gasteiger partial charge in [-0.25, -0.2) is 0 Å². The minimum Gasteiger partial charge on any atom is -0.496 e. The van der Waals surface area contributed by atoms with Gasteiger partial charge in [0.2, 0.25) is 5.91 Å². The molecule has 0 fully saturated rings. The second-order valence-corrected chi connectivity index (χ2v) is 5.48. The number of methoxy groups -OCH3 is 1. The van der Waals surface area contributed by atoms with Crippen molar-refractivity contribution < 1.29 is 9.53 Å². The lowest BCUT2D eigenvalue weighted by atomic mass is 10.1. The summed E-state index contributed by atoms with van der Waals surface area (Å²) in [5.74, 6) is 0.863. The summed E-state index contributed by atoms with van der Waals surface area (Å²) >= 11 is 6.04. The summed E-state index contributed by atoms with van der Waals surface area (Å²) in [5, 5.41) is 6.73. The Hall–Kier alpha value is -2.20. The molecule has 0 aliphatic carbocycles. The summed E-state index contributed by atoms with van der Waals surface area (Å²) in [4.78, 5) is 11.8. The van der Waals surface area contributed by atoms with Crippen LogP contribution in [0, 0.1) is 0 Å². The zero-order chi connectivity index (χ0) is 16.5. The van der Waals surface area contributed by atoms with Gasteiger partial charge in [0.05, 0.1) is 17.8 Å². The van der Waals surface area contributed by atoms with E-state index in [1.165, 1.54) is 0 Å².